The molecule has 5 rings (SSSR count). The first-order valence-corrected chi connectivity index (χ1v) is 9.07. The van der Waals surface area contributed by atoms with Crippen LogP contribution in [0.5, 0.6) is 11.5 Å². The van der Waals surface area contributed by atoms with Gasteiger partial charge in [0.15, 0.2) is 0 Å². The predicted molar refractivity (Wildman–Crippen MR) is 112 cm³/mol. The molecule has 0 saturated heterocycles. The van der Waals surface area contributed by atoms with Crippen molar-refractivity contribution in [2.75, 3.05) is 0 Å². The summed E-state index contributed by atoms with van der Waals surface area (Å²) in [6, 6.07) is 31.2. The Kier molecular flexibility index (Phi) is 3.91. The summed E-state index contributed by atoms with van der Waals surface area (Å²) < 4.78 is 11.2. The first kappa shape index (κ1) is 16.3. The molecule has 0 saturated carbocycles. The number of carbonyl (C=O) groups is 1. The van der Waals surface area contributed by atoms with Crippen LogP contribution in [0.2, 0.25) is 0 Å². The van der Waals surface area contributed by atoms with Crippen molar-refractivity contribution >= 4 is 38.5 Å². The minimum absolute atomic E-state index is 0.452. The van der Waals surface area contributed by atoms with Gasteiger partial charge in [-0.3, -0.25) is 0 Å². The molecule has 0 radical (unpaired) electrons. The van der Waals surface area contributed by atoms with Gasteiger partial charge in [0, 0.05) is 10.8 Å². The Labute approximate surface area is 161 Å². The highest BCUT2D eigenvalue weighted by Gasteiger charge is 2.14. The van der Waals surface area contributed by atoms with Gasteiger partial charge in [0.1, 0.15) is 11.5 Å². The molecule has 5 aromatic carbocycles. The number of hydrogen-bond donors (Lipinski definition) is 0. The van der Waals surface area contributed by atoms with E-state index in [0.717, 1.165) is 32.3 Å². The minimum atomic E-state index is -0.753. The van der Waals surface area contributed by atoms with Gasteiger partial charge < -0.3 is 9.47 Å². The molecule has 0 spiro atoms. The number of benzene rings is 5. The maximum absolute atomic E-state index is 12.6. The Bertz CT molecular complexity index is 1280. The van der Waals surface area contributed by atoms with E-state index >= 15 is 0 Å². The summed E-state index contributed by atoms with van der Waals surface area (Å²) >= 11 is 0. The van der Waals surface area contributed by atoms with Crippen LogP contribution in [0.15, 0.2) is 97.1 Å². The second-order valence-electron chi connectivity index (χ2n) is 6.61. The van der Waals surface area contributed by atoms with E-state index in [-0.39, 0.29) is 0 Å². The normalized spacial score (nSPS) is 11.0. The summed E-state index contributed by atoms with van der Waals surface area (Å²) in [6.45, 7) is 0. The Morgan fingerprint density at radius 3 is 1.79 bits per heavy atom. The number of carbonyl (C=O) groups excluding carboxylic acids is 1. The van der Waals surface area contributed by atoms with Crippen molar-refractivity contribution < 1.29 is 14.3 Å². The van der Waals surface area contributed by atoms with Crippen molar-refractivity contribution in [2.24, 2.45) is 0 Å². The Morgan fingerprint density at radius 2 is 1.11 bits per heavy atom. The molecular formula is C25H16O3. The first-order valence-electron chi connectivity index (χ1n) is 9.07. The summed E-state index contributed by atoms with van der Waals surface area (Å²) in [5.41, 5.74) is 0. The molecule has 3 nitrogen and oxygen atoms in total. The summed E-state index contributed by atoms with van der Waals surface area (Å²) in [6.07, 6.45) is -0.753. The summed E-state index contributed by atoms with van der Waals surface area (Å²) in [4.78, 5) is 12.6. The zero-order chi connectivity index (χ0) is 18.9. The van der Waals surface area contributed by atoms with Gasteiger partial charge in [0.05, 0.1) is 0 Å². The van der Waals surface area contributed by atoms with E-state index in [4.69, 9.17) is 9.47 Å². The molecule has 134 valence electrons. The van der Waals surface area contributed by atoms with Gasteiger partial charge in [-0.15, -0.1) is 0 Å². The Morgan fingerprint density at radius 1 is 0.536 bits per heavy atom. The lowest BCUT2D eigenvalue weighted by molar-refractivity contribution is 0.153. The van der Waals surface area contributed by atoms with E-state index in [1.165, 1.54) is 0 Å². The molecule has 5 aromatic rings. The van der Waals surface area contributed by atoms with E-state index in [0.29, 0.717) is 11.5 Å². The van der Waals surface area contributed by atoms with Crippen LogP contribution in [0, 0.1) is 0 Å². The molecule has 0 aliphatic heterocycles. The quantitative estimate of drug-likeness (QED) is 0.198. The highest BCUT2D eigenvalue weighted by atomic mass is 16.7. The van der Waals surface area contributed by atoms with Crippen LogP contribution >= 0.6 is 0 Å². The molecule has 0 aromatic heterocycles. The lowest BCUT2D eigenvalue weighted by Gasteiger charge is -2.12. The highest BCUT2D eigenvalue weighted by molar-refractivity contribution is 6.06. The van der Waals surface area contributed by atoms with E-state index < -0.39 is 6.16 Å². The van der Waals surface area contributed by atoms with Crippen molar-refractivity contribution in [3.63, 3.8) is 0 Å². The van der Waals surface area contributed by atoms with Crippen LogP contribution in [0.1, 0.15) is 0 Å². The molecule has 0 N–H and O–H groups in total. The Balaban J connectivity index is 1.52. The topological polar surface area (TPSA) is 35.5 Å². The fourth-order valence-corrected chi connectivity index (χ4v) is 3.51. The number of fused-ring (bicyclic) bond motifs is 3. The second kappa shape index (κ2) is 6.71. The molecule has 28 heavy (non-hydrogen) atoms. The van der Waals surface area contributed by atoms with E-state index in [9.17, 15) is 4.79 Å². The maximum atomic E-state index is 12.6. The zero-order valence-corrected chi connectivity index (χ0v) is 15.0. The van der Waals surface area contributed by atoms with Gasteiger partial charge in [0.25, 0.3) is 0 Å². The van der Waals surface area contributed by atoms with Gasteiger partial charge in [-0.1, -0.05) is 78.9 Å². The number of rotatable bonds is 2. The summed E-state index contributed by atoms with van der Waals surface area (Å²) in [5.74, 6) is 0.965. The van der Waals surface area contributed by atoms with Gasteiger partial charge in [-0.25, -0.2) is 4.79 Å². The molecule has 0 fully saturated rings. The van der Waals surface area contributed by atoms with Crippen molar-refractivity contribution in [2.45, 2.75) is 0 Å². The third-order valence-corrected chi connectivity index (χ3v) is 4.83. The highest BCUT2D eigenvalue weighted by Crippen LogP contribution is 2.35. The average molecular weight is 364 g/mol. The summed E-state index contributed by atoms with van der Waals surface area (Å²) in [7, 11) is 0. The van der Waals surface area contributed by atoms with Crippen LogP contribution in [0.3, 0.4) is 0 Å². The van der Waals surface area contributed by atoms with Gasteiger partial charge in [-0.2, -0.15) is 0 Å². The SMILES string of the molecule is O=C(Oc1ccc2ccccc2c1)Oc1c2ccccc2cc2ccccc12. The molecular weight excluding hydrogens is 348 g/mol. The molecule has 0 bridgehead atoms. The van der Waals surface area contributed by atoms with E-state index in [2.05, 4.69) is 6.07 Å². The number of hydrogen-bond acceptors (Lipinski definition) is 3. The van der Waals surface area contributed by atoms with E-state index in [1.807, 2.05) is 84.9 Å². The van der Waals surface area contributed by atoms with Crippen LogP contribution in [-0.2, 0) is 0 Å². The largest absolute Gasteiger partial charge is 0.519 e. The standard InChI is InChI=1S/C25H16O3/c26-25(27-21-14-13-17-7-1-2-8-18(17)16-21)28-24-22-11-5-3-9-19(22)15-20-10-4-6-12-23(20)24/h1-16H. The first-order chi connectivity index (χ1) is 13.8. The zero-order valence-electron chi connectivity index (χ0n) is 15.0. The molecule has 0 amide bonds. The predicted octanol–water partition coefficient (Wildman–Crippen LogP) is 6.72. The van der Waals surface area contributed by atoms with Crippen molar-refractivity contribution in [3.8, 4) is 11.5 Å². The van der Waals surface area contributed by atoms with Crippen molar-refractivity contribution in [3.05, 3.63) is 97.1 Å². The fourth-order valence-electron chi connectivity index (χ4n) is 3.51. The minimum Gasteiger partial charge on any atom is -0.395 e. The third kappa shape index (κ3) is 2.93. The number of ether oxygens (including phenoxy) is 2. The van der Waals surface area contributed by atoms with Crippen molar-refractivity contribution in [1.82, 2.24) is 0 Å². The Hall–Kier alpha value is -3.85. The van der Waals surface area contributed by atoms with Gasteiger partial charge >= 0.3 is 6.16 Å². The lowest BCUT2D eigenvalue weighted by Crippen LogP contribution is -2.14. The van der Waals surface area contributed by atoms with Crippen LogP contribution in [-0.4, -0.2) is 6.16 Å². The molecule has 0 unspecified atom stereocenters. The fraction of sp³-hybridized carbons (Fsp3) is 0. The molecule has 3 heteroatoms. The van der Waals surface area contributed by atoms with Gasteiger partial charge in [-0.05, 0) is 39.7 Å². The monoisotopic (exact) mass is 364 g/mol. The lowest BCUT2D eigenvalue weighted by atomic mass is 10.0. The van der Waals surface area contributed by atoms with Crippen LogP contribution in [0.25, 0.3) is 32.3 Å². The average Bonchev–Trinajstić information content (AvgIpc) is 2.73. The van der Waals surface area contributed by atoms with Crippen molar-refractivity contribution in [1.29, 1.82) is 0 Å². The maximum Gasteiger partial charge on any atom is 0.519 e. The van der Waals surface area contributed by atoms with Crippen LogP contribution < -0.4 is 9.47 Å². The smallest absolute Gasteiger partial charge is 0.395 e. The molecule has 0 heterocycles. The molecule has 0 aliphatic rings. The molecule has 0 aliphatic carbocycles. The molecule has 0 atom stereocenters. The third-order valence-electron chi connectivity index (χ3n) is 4.83. The van der Waals surface area contributed by atoms with Gasteiger partial charge in [0.2, 0.25) is 0 Å². The summed E-state index contributed by atoms with van der Waals surface area (Å²) in [5, 5.41) is 5.85. The van der Waals surface area contributed by atoms with E-state index in [1.54, 1.807) is 6.07 Å². The second-order valence-corrected chi connectivity index (χ2v) is 6.61. The van der Waals surface area contributed by atoms with Crippen LogP contribution in [0.4, 0.5) is 4.79 Å².